The first-order valence-corrected chi connectivity index (χ1v) is 6.39. The summed E-state index contributed by atoms with van der Waals surface area (Å²) in [6, 6.07) is 0. The van der Waals surface area contributed by atoms with Crippen LogP contribution in [-0.4, -0.2) is 32.3 Å². The van der Waals surface area contributed by atoms with Crippen LogP contribution in [0.4, 0.5) is 0 Å². The van der Waals surface area contributed by atoms with Gasteiger partial charge >= 0.3 is 0 Å². The minimum Gasteiger partial charge on any atom is -0.381 e. The minimum atomic E-state index is 0.537. The van der Waals surface area contributed by atoms with Crippen molar-refractivity contribution in [3.63, 3.8) is 0 Å². The second-order valence-electron chi connectivity index (χ2n) is 4.98. The van der Waals surface area contributed by atoms with Crippen LogP contribution in [0.25, 0.3) is 0 Å². The van der Waals surface area contributed by atoms with Gasteiger partial charge in [0, 0.05) is 26.3 Å². The highest BCUT2D eigenvalue weighted by Gasteiger charge is 1.97. The topological polar surface area (TPSA) is 71.7 Å². The van der Waals surface area contributed by atoms with Crippen molar-refractivity contribution in [2.45, 2.75) is 34.1 Å². The smallest absolute Gasteiger partial charge is 0.205 e. The number of nitrogens with two attached hydrogens (primary N) is 1. The van der Waals surface area contributed by atoms with Gasteiger partial charge in [-0.3, -0.25) is 10.4 Å². The fraction of sp³-hybridized carbons (Fsp3) is 0.917. The molecule has 0 saturated heterocycles. The molecule has 0 aromatic rings. The number of hydrogen-bond acceptors (Lipinski definition) is 3. The van der Waals surface area contributed by atoms with Crippen LogP contribution in [0.2, 0.25) is 0 Å². The lowest BCUT2D eigenvalue weighted by Gasteiger charge is -2.10. The number of hydrazine groups is 1. The third-order valence-electron chi connectivity index (χ3n) is 1.96. The number of aliphatic imine (C=N–C) groups is 1. The average Bonchev–Trinajstić information content (AvgIpc) is 2.26. The van der Waals surface area contributed by atoms with Crippen molar-refractivity contribution in [3.05, 3.63) is 0 Å². The van der Waals surface area contributed by atoms with Crippen molar-refractivity contribution >= 4 is 5.96 Å². The van der Waals surface area contributed by atoms with E-state index < -0.39 is 0 Å². The van der Waals surface area contributed by atoms with Crippen LogP contribution in [0.15, 0.2) is 4.99 Å². The molecule has 0 bridgehead atoms. The molecule has 0 unspecified atom stereocenters. The fourth-order valence-corrected chi connectivity index (χ4v) is 1.13. The Kier molecular flexibility index (Phi) is 9.86. The van der Waals surface area contributed by atoms with Gasteiger partial charge in [-0.1, -0.05) is 27.7 Å². The Balaban J connectivity index is 3.53. The molecule has 0 atom stereocenters. The van der Waals surface area contributed by atoms with Crippen molar-refractivity contribution < 1.29 is 4.74 Å². The summed E-state index contributed by atoms with van der Waals surface area (Å²) in [4.78, 5) is 4.32. The molecule has 4 N–H and O–H groups in total. The van der Waals surface area contributed by atoms with E-state index in [1.807, 2.05) is 0 Å². The van der Waals surface area contributed by atoms with Crippen molar-refractivity contribution in [2.75, 3.05) is 26.3 Å². The molecular formula is C12H28N4O. The van der Waals surface area contributed by atoms with E-state index in [1.165, 1.54) is 0 Å². The molecule has 5 heteroatoms. The third-order valence-corrected chi connectivity index (χ3v) is 1.96. The van der Waals surface area contributed by atoms with Gasteiger partial charge in [0.05, 0.1) is 0 Å². The third kappa shape index (κ3) is 11.5. The molecular weight excluding hydrogens is 216 g/mol. The molecule has 17 heavy (non-hydrogen) atoms. The van der Waals surface area contributed by atoms with E-state index in [2.05, 4.69) is 43.4 Å². The first-order chi connectivity index (χ1) is 8.06. The highest BCUT2D eigenvalue weighted by molar-refractivity contribution is 5.79. The Morgan fingerprint density at radius 1 is 1.24 bits per heavy atom. The van der Waals surface area contributed by atoms with E-state index in [4.69, 9.17) is 10.6 Å². The Morgan fingerprint density at radius 3 is 2.47 bits per heavy atom. The van der Waals surface area contributed by atoms with Gasteiger partial charge in [-0.05, 0) is 18.3 Å². The van der Waals surface area contributed by atoms with Crippen molar-refractivity contribution in [1.29, 1.82) is 0 Å². The summed E-state index contributed by atoms with van der Waals surface area (Å²) in [5.41, 5.74) is 2.56. The number of nitrogens with one attached hydrogen (secondary N) is 2. The van der Waals surface area contributed by atoms with Gasteiger partial charge < -0.3 is 10.1 Å². The van der Waals surface area contributed by atoms with Gasteiger partial charge in [0.15, 0.2) is 0 Å². The largest absolute Gasteiger partial charge is 0.381 e. The predicted molar refractivity (Wildman–Crippen MR) is 72.7 cm³/mol. The Labute approximate surface area is 105 Å². The minimum absolute atomic E-state index is 0.537. The van der Waals surface area contributed by atoms with E-state index >= 15 is 0 Å². The fourth-order valence-electron chi connectivity index (χ4n) is 1.13. The molecule has 5 nitrogen and oxygen atoms in total. The summed E-state index contributed by atoms with van der Waals surface area (Å²) in [6.45, 7) is 11.7. The molecule has 0 saturated carbocycles. The van der Waals surface area contributed by atoms with Crippen LogP contribution >= 0.6 is 0 Å². The standard InChI is InChI=1S/C12H28N4O/c1-10(2)8-15-12(16-13)14-6-5-7-17-9-11(3)4/h10-11H,5-9,13H2,1-4H3,(H2,14,15,16). The zero-order chi connectivity index (χ0) is 13.1. The summed E-state index contributed by atoms with van der Waals surface area (Å²) in [6.07, 6.45) is 0.953. The lowest BCUT2D eigenvalue weighted by atomic mass is 10.2. The summed E-state index contributed by atoms with van der Waals surface area (Å²) in [5, 5.41) is 3.15. The van der Waals surface area contributed by atoms with E-state index in [1.54, 1.807) is 0 Å². The maximum atomic E-state index is 5.48. The van der Waals surface area contributed by atoms with E-state index in [0.717, 1.165) is 32.7 Å². The van der Waals surface area contributed by atoms with Crippen molar-refractivity contribution in [3.8, 4) is 0 Å². The van der Waals surface area contributed by atoms with E-state index in [9.17, 15) is 0 Å². The van der Waals surface area contributed by atoms with Crippen LogP contribution in [-0.2, 0) is 4.74 Å². The number of nitrogens with zero attached hydrogens (tertiary/aromatic N) is 1. The molecule has 0 fully saturated rings. The molecule has 102 valence electrons. The summed E-state index contributed by atoms with van der Waals surface area (Å²) in [5.74, 6) is 7.15. The Morgan fingerprint density at radius 2 is 1.94 bits per heavy atom. The quantitative estimate of drug-likeness (QED) is 0.197. The Hall–Kier alpha value is -0.810. The molecule has 0 aliphatic heterocycles. The molecule has 0 aromatic heterocycles. The highest BCUT2D eigenvalue weighted by Crippen LogP contribution is 1.93. The van der Waals surface area contributed by atoms with Crippen molar-refractivity contribution in [1.82, 2.24) is 10.7 Å². The molecule has 0 aliphatic rings. The molecule has 0 rings (SSSR count). The van der Waals surface area contributed by atoms with Crippen LogP contribution in [0, 0.1) is 11.8 Å². The zero-order valence-electron chi connectivity index (χ0n) is 11.6. The second-order valence-corrected chi connectivity index (χ2v) is 4.98. The summed E-state index contributed by atoms with van der Waals surface area (Å²) >= 11 is 0. The van der Waals surface area contributed by atoms with Crippen LogP contribution in [0.3, 0.4) is 0 Å². The van der Waals surface area contributed by atoms with Gasteiger partial charge in [-0.25, -0.2) is 5.84 Å². The van der Waals surface area contributed by atoms with Crippen molar-refractivity contribution in [2.24, 2.45) is 22.7 Å². The lowest BCUT2D eigenvalue weighted by Crippen LogP contribution is -2.42. The van der Waals surface area contributed by atoms with Gasteiger partial charge in [0.25, 0.3) is 0 Å². The van der Waals surface area contributed by atoms with Gasteiger partial charge in [-0.15, -0.1) is 0 Å². The van der Waals surface area contributed by atoms with E-state index in [-0.39, 0.29) is 0 Å². The maximum Gasteiger partial charge on any atom is 0.205 e. The van der Waals surface area contributed by atoms with Gasteiger partial charge in [-0.2, -0.15) is 0 Å². The SMILES string of the molecule is CC(C)CN=C(NN)NCCCOCC(C)C. The summed E-state index contributed by atoms with van der Waals surface area (Å²) in [7, 11) is 0. The average molecular weight is 244 g/mol. The Bertz CT molecular complexity index is 205. The first-order valence-electron chi connectivity index (χ1n) is 6.39. The molecule has 0 spiro atoms. The van der Waals surface area contributed by atoms with Gasteiger partial charge in [0.2, 0.25) is 5.96 Å². The monoisotopic (exact) mass is 244 g/mol. The lowest BCUT2D eigenvalue weighted by molar-refractivity contribution is 0.108. The molecule has 0 aromatic carbocycles. The molecule has 0 amide bonds. The first kappa shape index (κ1) is 16.2. The predicted octanol–water partition coefficient (Wildman–Crippen LogP) is 1.11. The normalized spacial score (nSPS) is 12.3. The van der Waals surface area contributed by atoms with E-state index in [0.29, 0.717) is 17.8 Å². The number of guanidine groups is 1. The van der Waals surface area contributed by atoms with Crippen LogP contribution < -0.4 is 16.6 Å². The van der Waals surface area contributed by atoms with Crippen LogP contribution in [0.1, 0.15) is 34.1 Å². The molecule has 0 heterocycles. The number of rotatable bonds is 8. The number of hydrogen-bond donors (Lipinski definition) is 3. The summed E-state index contributed by atoms with van der Waals surface area (Å²) < 4.78 is 5.48. The zero-order valence-corrected chi connectivity index (χ0v) is 11.6. The van der Waals surface area contributed by atoms with Gasteiger partial charge in [0.1, 0.15) is 0 Å². The molecule has 0 aliphatic carbocycles. The second kappa shape index (κ2) is 10.4. The molecule has 0 radical (unpaired) electrons. The van der Waals surface area contributed by atoms with Crippen LogP contribution in [0.5, 0.6) is 0 Å². The highest BCUT2D eigenvalue weighted by atomic mass is 16.5. The number of ether oxygens (including phenoxy) is 1. The maximum absolute atomic E-state index is 5.48.